The Hall–Kier alpha value is -3.57. The molecule has 0 aliphatic carbocycles. The van der Waals surface area contributed by atoms with Gasteiger partial charge in [0.25, 0.3) is 0 Å². The molecule has 0 fully saturated rings. The number of sulfonamides is 1. The highest BCUT2D eigenvalue weighted by Crippen LogP contribution is 2.34. The molecule has 3 rings (SSSR count). The van der Waals surface area contributed by atoms with E-state index >= 15 is 0 Å². The zero-order valence-corrected chi connectivity index (χ0v) is 20.9. The Bertz CT molecular complexity index is 1330. The lowest BCUT2D eigenvalue weighted by atomic mass is 9.97. The van der Waals surface area contributed by atoms with E-state index in [1.807, 2.05) is 43.3 Å². The number of hydrogen-bond acceptors (Lipinski definition) is 5. The summed E-state index contributed by atoms with van der Waals surface area (Å²) in [6.45, 7) is 7.19. The van der Waals surface area contributed by atoms with E-state index in [-0.39, 0.29) is 6.61 Å². The fraction of sp³-hybridized carbons (Fsp3) is 0.308. The van der Waals surface area contributed by atoms with Gasteiger partial charge in [-0.3, -0.25) is 4.72 Å². The van der Waals surface area contributed by atoms with Crippen LogP contribution in [0.5, 0.6) is 0 Å². The summed E-state index contributed by atoms with van der Waals surface area (Å²) >= 11 is 0. The average molecular weight is 480 g/mol. The summed E-state index contributed by atoms with van der Waals surface area (Å²) in [5.74, 6) is -0.459. The lowest BCUT2D eigenvalue weighted by Crippen LogP contribution is -2.22. The highest BCUT2D eigenvalue weighted by atomic mass is 32.2. The number of esters is 1. The number of rotatable bonds is 8. The third-order valence-corrected chi connectivity index (χ3v) is 7.47. The molecule has 7 nitrogen and oxygen atoms in total. The second-order valence-electron chi connectivity index (χ2n) is 8.14. The first-order chi connectivity index (χ1) is 16.1. The van der Waals surface area contributed by atoms with Crippen molar-refractivity contribution in [2.24, 2.45) is 7.05 Å². The van der Waals surface area contributed by atoms with E-state index < -0.39 is 21.2 Å². The van der Waals surface area contributed by atoms with Gasteiger partial charge >= 0.3 is 5.97 Å². The molecule has 0 saturated carbocycles. The molecule has 3 aromatic rings. The van der Waals surface area contributed by atoms with Gasteiger partial charge in [0.1, 0.15) is 11.8 Å². The van der Waals surface area contributed by atoms with Crippen LogP contribution in [0.15, 0.2) is 48.5 Å². The van der Waals surface area contributed by atoms with Gasteiger partial charge in [0.05, 0.1) is 17.4 Å². The predicted octanol–water partition coefficient (Wildman–Crippen LogP) is 5.12. The van der Waals surface area contributed by atoms with Crippen molar-refractivity contribution in [3.63, 3.8) is 0 Å². The van der Waals surface area contributed by atoms with Gasteiger partial charge in [-0.25, -0.2) is 13.2 Å². The SMILES string of the molecule is CCOC(=O)c1c(-c2ccc(-c3ccc(NS(=O)(=O)C(C)C)cc3)cc2)c(C#N)c(CC)n1C. The third kappa shape index (κ3) is 4.85. The molecule has 0 spiro atoms. The molecule has 1 aromatic heterocycles. The Morgan fingerprint density at radius 1 is 1.03 bits per heavy atom. The molecule has 0 amide bonds. The minimum absolute atomic E-state index is 0.245. The highest BCUT2D eigenvalue weighted by Gasteiger charge is 2.26. The Balaban J connectivity index is 1.98. The number of nitrogens with zero attached hydrogens (tertiary/aromatic N) is 2. The topological polar surface area (TPSA) is 101 Å². The first kappa shape index (κ1) is 25.1. The minimum Gasteiger partial charge on any atom is -0.461 e. The van der Waals surface area contributed by atoms with Gasteiger partial charge in [-0.05, 0) is 56.0 Å². The summed E-state index contributed by atoms with van der Waals surface area (Å²) in [7, 11) is -1.63. The first-order valence-electron chi connectivity index (χ1n) is 11.2. The minimum atomic E-state index is -3.41. The number of carbonyl (C=O) groups is 1. The largest absolute Gasteiger partial charge is 0.461 e. The Kier molecular flexibility index (Phi) is 7.48. The van der Waals surface area contributed by atoms with E-state index in [1.165, 1.54) is 0 Å². The molecule has 1 N–H and O–H groups in total. The Morgan fingerprint density at radius 3 is 2.03 bits per heavy atom. The zero-order chi connectivity index (χ0) is 25.0. The van der Waals surface area contributed by atoms with Gasteiger partial charge in [0.2, 0.25) is 10.0 Å². The number of hydrogen-bond donors (Lipinski definition) is 1. The van der Waals surface area contributed by atoms with Gasteiger partial charge in [-0.2, -0.15) is 5.26 Å². The second kappa shape index (κ2) is 10.1. The normalized spacial score (nSPS) is 11.3. The summed E-state index contributed by atoms with van der Waals surface area (Å²) in [6.07, 6.45) is 0.608. The Morgan fingerprint density at radius 2 is 1.56 bits per heavy atom. The number of aromatic nitrogens is 1. The van der Waals surface area contributed by atoms with Crippen LogP contribution in [-0.2, 0) is 28.2 Å². The maximum Gasteiger partial charge on any atom is 0.355 e. The fourth-order valence-corrected chi connectivity index (χ4v) is 4.53. The summed E-state index contributed by atoms with van der Waals surface area (Å²) in [4.78, 5) is 12.7. The van der Waals surface area contributed by atoms with Crippen LogP contribution < -0.4 is 4.72 Å². The number of nitrogens with one attached hydrogen (secondary N) is 1. The van der Waals surface area contributed by atoms with Crippen LogP contribution in [0.4, 0.5) is 5.69 Å². The molecule has 1 heterocycles. The van der Waals surface area contributed by atoms with Crippen molar-refractivity contribution in [2.45, 2.75) is 39.4 Å². The zero-order valence-electron chi connectivity index (χ0n) is 20.0. The average Bonchev–Trinajstić information content (AvgIpc) is 3.10. The number of anilines is 1. The molecule has 178 valence electrons. The maximum absolute atomic E-state index is 12.7. The molecular weight excluding hydrogens is 450 g/mol. The van der Waals surface area contributed by atoms with Gasteiger partial charge in [-0.1, -0.05) is 43.3 Å². The third-order valence-electron chi connectivity index (χ3n) is 5.70. The molecule has 0 bridgehead atoms. The highest BCUT2D eigenvalue weighted by molar-refractivity contribution is 7.93. The van der Waals surface area contributed by atoms with E-state index in [1.54, 1.807) is 44.5 Å². The molecular formula is C26H29N3O4S. The van der Waals surface area contributed by atoms with Crippen LogP contribution in [0.2, 0.25) is 0 Å². The van der Waals surface area contributed by atoms with Crippen molar-refractivity contribution in [1.82, 2.24) is 4.57 Å². The van der Waals surface area contributed by atoms with Crippen molar-refractivity contribution in [1.29, 1.82) is 5.26 Å². The van der Waals surface area contributed by atoms with Gasteiger partial charge in [0.15, 0.2) is 0 Å². The molecule has 0 aliphatic rings. The summed E-state index contributed by atoms with van der Waals surface area (Å²) in [6, 6.07) is 17.0. The molecule has 0 radical (unpaired) electrons. The van der Waals surface area contributed by atoms with Crippen molar-refractivity contribution >= 4 is 21.7 Å². The quantitative estimate of drug-likeness (QED) is 0.452. The van der Waals surface area contributed by atoms with Crippen LogP contribution in [0, 0.1) is 11.3 Å². The van der Waals surface area contributed by atoms with E-state index in [2.05, 4.69) is 10.8 Å². The van der Waals surface area contributed by atoms with Gasteiger partial charge < -0.3 is 9.30 Å². The number of carbonyl (C=O) groups excluding carboxylic acids is 1. The fourth-order valence-electron chi connectivity index (χ4n) is 3.83. The van der Waals surface area contributed by atoms with Crippen LogP contribution >= 0.6 is 0 Å². The summed E-state index contributed by atoms with van der Waals surface area (Å²) in [5, 5.41) is 9.33. The second-order valence-corrected chi connectivity index (χ2v) is 10.4. The smallest absolute Gasteiger partial charge is 0.355 e. The van der Waals surface area contributed by atoms with Crippen molar-refractivity contribution in [2.75, 3.05) is 11.3 Å². The molecule has 0 atom stereocenters. The van der Waals surface area contributed by atoms with E-state index in [0.29, 0.717) is 28.9 Å². The maximum atomic E-state index is 12.7. The predicted molar refractivity (Wildman–Crippen MR) is 134 cm³/mol. The molecule has 0 unspecified atom stereocenters. The molecule has 8 heteroatoms. The molecule has 2 aromatic carbocycles. The first-order valence-corrected chi connectivity index (χ1v) is 12.7. The van der Waals surface area contributed by atoms with E-state index in [9.17, 15) is 18.5 Å². The van der Waals surface area contributed by atoms with Gasteiger partial charge in [-0.15, -0.1) is 0 Å². The molecule has 34 heavy (non-hydrogen) atoms. The van der Waals surface area contributed by atoms with Crippen LogP contribution in [0.25, 0.3) is 22.3 Å². The monoisotopic (exact) mass is 479 g/mol. The standard InChI is InChI=1S/C26H29N3O4S/c1-6-23-22(16-27)24(25(29(23)5)26(30)33-7-2)20-10-8-18(9-11-20)19-12-14-21(15-13-19)28-34(31,32)17(3)4/h8-15,17,28H,6-7H2,1-5H3. The molecule has 0 saturated heterocycles. The lowest BCUT2D eigenvalue weighted by Gasteiger charge is -2.11. The Labute approximate surface area is 201 Å². The van der Waals surface area contributed by atoms with E-state index in [0.717, 1.165) is 22.4 Å². The number of nitriles is 1. The van der Waals surface area contributed by atoms with E-state index in [4.69, 9.17) is 4.74 Å². The van der Waals surface area contributed by atoms with Crippen LogP contribution in [0.1, 0.15) is 49.4 Å². The van der Waals surface area contributed by atoms with Crippen LogP contribution in [0.3, 0.4) is 0 Å². The number of ether oxygens (including phenoxy) is 1. The van der Waals surface area contributed by atoms with Crippen LogP contribution in [-0.4, -0.2) is 30.8 Å². The lowest BCUT2D eigenvalue weighted by molar-refractivity contribution is 0.0516. The van der Waals surface area contributed by atoms with Gasteiger partial charge in [0, 0.05) is 24.0 Å². The number of benzene rings is 2. The summed E-state index contributed by atoms with van der Waals surface area (Å²) in [5.41, 5.74) is 5.28. The molecule has 0 aliphatic heterocycles. The summed E-state index contributed by atoms with van der Waals surface area (Å²) < 4.78 is 33.7. The van der Waals surface area contributed by atoms with Crippen molar-refractivity contribution in [3.8, 4) is 28.3 Å². The van der Waals surface area contributed by atoms with Crippen molar-refractivity contribution in [3.05, 3.63) is 65.5 Å². The van der Waals surface area contributed by atoms with Crippen molar-refractivity contribution < 1.29 is 17.9 Å².